The highest BCUT2D eigenvalue weighted by atomic mass is 32.2. The molecule has 2 heterocycles. The number of carbonyl (C=O) groups is 1. The molecule has 4 rings (SSSR count). The third-order valence-electron chi connectivity index (χ3n) is 4.73. The summed E-state index contributed by atoms with van der Waals surface area (Å²) in [5, 5.41) is 5.50. The van der Waals surface area contributed by atoms with Crippen LogP contribution in [-0.2, 0) is 9.84 Å². The Morgan fingerprint density at radius 2 is 2.00 bits per heavy atom. The zero-order valence-corrected chi connectivity index (χ0v) is 13.9. The minimum absolute atomic E-state index is 0.178. The minimum Gasteiger partial charge on any atom is -0.351 e. The van der Waals surface area contributed by atoms with Crippen molar-refractivity contribution in [1.29, 1.82) is 0 Å². The molecule has 0 bridgehead atoms. The SMILES string of the molecule is O=C(NCC1CCCS1(=O)=O)c1cc2c(ccc3ccccc32)[nH]1. The fraction of sp³-hybridized carbons (Fsp3) is 0.278. The number of nitrogens with one attached hydrogen (secondary N) is 2. The van der Waals surface area contributed by atoms with E-state index in [1.54, 1.807) is 0 Å². The Morgan fingerprint density at radius 1 is 1.17 bits per heavy atom. The van der Waals surface area contributed by atoms with E-state index in [9.17, 15) is 13.2 Å². The van der Waals surface area contributed by atoms with E-state index < -0.39 is 15.1 Å². The fourth-order valence-electron chi connectivity index (χ4n) is 3.40. The summed E-state index contributed by atoms with van der Waals surface area (Å²) in [7, 11) is -3.04. The lowest BCUT2D eigenvalue weighted by atomic mass is 10.1. The van der Waals surface area contributed by atoms with E-state index in [1.807, 2.05) is 42.5 Å². The third kappa shape index (κ3) is 2.57. The number of hydrogen-bond acceptors (Lipinski definition) is 3. The van der Waals surface area contributed by atoms with Crippen LogP contribution in [0.2, 0.25) is 0 Å². The molecule has 1 saturated heterocycles. The first kappa shape index (κ1) is 15.2. The van der Waals surface area contributed by atoms with Crippen LogP contribution in [0.15, 0.2) is 42.5 Å². The second-order valence-electron chi connectivity index (χ2n) is 6.27. The molecule has 0 saturated carbocycles. The van der Waals surface area contributed by atoms with Crippen molar-refractivity contribution in [3.63, 3.8) is 0 Å². The number of benzene rings is 2. The highest BCUT2D eigenvalue weighted by molar-refractivity contribution is 7.92. The predicted molar refractivity (Wildman–Crippen MR) is 94.9 cm³/mol. The van der Waals surface area contributed by atoms with E-state index in [2.05, 4.69) is 10.3 Å². The van der Waals surface area contributed by atoms with Gasteiger partial charge in [0.2, 0.25) is 0 Å². The maximum absolute atomic E-state index is 12.4. The smallest absolute Gasteiger partial charge is 0.267 e. The monoisotopic (exact) mass is 342 g/mol. The molecule has 0 radical (unpaired) electrons. The first-order valence-corrected chi connectivity index (χ1v) is 9.76. The van der Waals surface area contributed by atoms with Crippen LogP contribution in [0.1, 0.15) is 23.3 Å². The van der Waals surface area contributed by atoms with Crippen molar-refractivity contribution in [3.8, 4) is 0 Å². The maximum Gasteiger partial charge on any atom is 0.267 e. The van der Waals surface area contributed by atoms with Gasteiger partial charge in [-0.15, -0.1) is 0 Å². The van der Waals surface area contributed by atoms with Gasteiger partial charge in [0, 0.05) is 17.4 Å². The number of H-pyrrole nitrogens is 1. The second-order valence-corrected chi connectivity index (χ2v) is 8.67. The fourth-order valence-corrected chi connectivity index (χ4v) is 5.16. The normalized spacial score (nSPS) is 19.8. The van der Waals surface area contributed by atoms with Crippen LogP contribution in [0.5, 0.6) is 0 Å². The Labute approximate surface area is 140 Å². The number of amides is 1. The van der Waals surface area contributed by atoms with E-state index in [1.165, 1.54) is 0 Å². The Morgan fingerprint density at radius 3 is 2.79 bits per heavy atom. The number of aromatic nitrogens is 1. The molecule has 1 unspecified atom stereocenters. The molecule has 1 aliphatic rings. The minimum atomic E-state index is -3.04. The van der Waals surface area contributed by atoms with Crippen molar-refractivity contribution in [2.45, 2.75) is 18.1 Å². The van der Waals surface area contributed by atoms with Gasteiger partial charge in [0.05, 0.1) is 11.0 Å². The number of rotatable bonds is 3. The van der Waals surface area contributed by atoms with Gasteiger partial charge in [-0.25, -0.2) is 8.42 Å². The molecule has 1 aromatic heterocycles. The van der Waals surface area contributed by atoms with Gasteiger partial charge < -0.3 is 10.3 Å². The lowest BCUT2D eigenvalue weighted by Crippen LogP contribution is -2.34. The number of hydrogen-bond donors (Lipinski definition) is 2. The van der Waals surface area contributed by atoms with Gasteiger partial charge in [-0.2, -0.15) is 0 Å². The van der Waals surface area contributed by atoms with Crippen LogP contribution in [0.3, 0.4) is 0 Å². The Bertz CT molecular complexity index is 1040. The molecule has 0 aliphatic carbocycles. The van der Waals surface area contributed by atoms with Gasteiger partial charge in [-0.05, 0) is 35.7 Å². The lowest BCUT2D eigenvalue weighted by Gasteiger charge is -2.09. The summed E-state index contributed by atoms with van der Waals surface area (Å²) in [5.74, 6) is -0.0382. The highest BCUT2D eigenvalue weighted by Crippen LogP contribution is 2.26. The van der Waals surface area contributed by atoms with Crippen LogP contribution in [0.25, 0.3) is 21.7 Å². The Hall–Kier alpha value is -2.34. The summed E-state index contributed by atoms with van der Waals surface area (Å²) in [6, 6.07) is 13.8. The quantitative estimate of drug-likeness (QED) is 0.768. The van der Waals surface area contributed by atoms with Crippen LogP contribution in [0.4, 0.5) is 0 Å². The van der Waals surface area contributed by atoms with Crippen molar-refractivity contribution < 1.29 is 13.2 Å². The predicted octanol–water partition coefficient (Wildman–Crippen LogP) is 2.63. The van der Waals surface area contributed by atoms with E-state index in [-0.39, 0.29) is 18.2 Å². The van der Waals surface area contributed by atoms with Crippen molar-refractivity contribution in [1.82, 2.24) is 10.3 Å². The molecule has 2 N–H and O–H groups in total. The summed E-state index contributed by atoms with van der Waals surface area (Å²) in [5.41, 5.74) is 1.35. The standard InChI is InChI=1S/C18H18N2O3S/c21-18(19-11-13-5-3-9-24(13,22)23)17-10-15-14-6-2-1-4-12(14)7-8-16(15)20-17/h1-2,4,6-8,10,13,20H,3,5,9,11H2,(H,19,21). The molecular formula is C18H18N2O3S. The molecular weight excluding hydrogens is 324 g/mol. The maximum atomic E-state index is 12.4. The molecule has 1 atom stereocenters. The van der Waals surface area contributed by atoms with Crippen LogP contribution < -0.4 is 5.32 Å². The van der Waals surface area contributed by atoms with E-state index in [4.69, 9.17) is 0 Å². The van der Waals surface area contributed by atoms with Crippen LogP contribution in [-0.4, -0.2) is 36.9 Å². The topological polar surface area (TPSA) is 79.0 Å². The summed E-state index contributed by atoms with van der Waals surface area (Å²) in [6.45, 7) is 0.178. The number of carbonyl (C=O) groups excluding carboxylic acids is 1. The molecule has 1 fully saturated rings. The molecule has 124 valence electrons. The first-order chi connectivity index (χ1) is 11.5. The van der Waals surface area contributed by atoms with E-state index >= 15 is 0 Å². The van der Waals surface area contributed by atoms with Crippen molar-refractivity contribution in [3.05, 3.63) is 48.2 Å². The lowest BCUT2D eigenvalue weighted by molar-refractivity contribution is 0.0949. The highest BCUT2D eigenvalue weighted by Gasteiger charge is 2.31. The van der Waals surface area contributed by atoms with Gasteiger partial charge >= 0.3 is 0 Å². The molecule has 0 spiro atoms. The average molecular weight is 342 g/mol. The van der Waals surface area contributed by atoms with Gasteiger partial charge in [-0.1, -0.05) is 30.3 Å². The molecule has 5 nitrogen and oxygen atoms in total. The summed E-state index contributed by atoms with van der Waals surface area (Å²) < 4.78 is 23.7. The number of sulfone groups is 1. The first-order valence-electron chi connectivity index (χ1n) is 8.05. The third-order valence-corrected chi connectivity index (χ3v) is 7.00. The second kappa shape index (κ2) is 5.63. The van der Waals surface area contributed by atoms with Gasteiger partial charge in [0.25, 0.3) is 5.91 Å². The molecule has 2 aromatic carbocycles. The Balaban J connectivity index is 1.60. The van der Waals surface area contributed by atoms with Crippen molar-refractivity contribution in [2.75, 3.05) is 12.3 Å². The zero-order valence-electron chi connectivity index (χ0n) is 13.1. The van der Waals surface area contributed by atoms with E-state index in [0.717, 1.165) is 21.7 Å². The van der Waals surface area contributed by atoms with Gasteiger partial charge in [-0.3, -0.25) is 4.79 Å². The molecule has 3 aromatic rings. The summed E-state index contributed by atoms with van der Waals surface area (Å²) in [4.78, 5) is 15.5. The molecule has 1 aliphatic heterocycles. The van der Waals surface area contributed by atoms with Gasteiger partial charge in [0.15, 0.2) is 9.84 Å². The van der Waals surface area contributed by atoms with Crippen LogP contribution >= 0.6 is 0 Å². The Kier molecular flexibility index (Phi) is 3.57. The van der Waals surface area contributed by atoms with Crippen molar-refractivity contribution >= 4 is 37.4 Å². The molecule has 6 heteroatoms. The number of fused-ring (bicyclic) bond motifs is 3. The summed E-state index contributed by atoms with van der Waals surface area (Å²) in [6.07, 6.45) is 1.31. The van der Waals surface area contributed by atoms with Gasteiger partial charge in [0.1, 0.15) is 5.69 Å². The summed E-state index contributed by atoms with van der Waals surface area (Å²) >= 11 is 0. The molecule has 1 amide bonds. The molecule has 24 heavy (non-hydrogen) atoms. The average Bonchev–Trinajstić information content (AvgIpc) is 3.15. The zero-order chi connectivity index (χ0) is 16.7. The van der Waals surface area contributed by atoms with E-state index in [0.29, 0.717) is 18.5 Å². The van der Waals surface area contributed by atoms with Crippen molar-refractivity contribution in [2.24, 2.45) is 0 Å². The largest absolute Gasteiger partial charge is 0.351 e. The number of aromatic amines is 1. The van der Waals surface area contributed by atoms with Crippen LogP contribution in [0, 0.1) is 0 Å².